The van der Waals surface area contributed by atoms with Crippen LogP contribution in [-0.2, 0) is 41.8 Å². The van der Waals surface area contributed by atoms with Crippen molar-refractivity contribution in [2.75, 3.05) is 18.1 Å². The minimum Gasteiger partial charge on any atom is -0.598 e. The minimum absolute atomic E-state index is 0.0641. The fourth-order valence-electron chi connectivity index (χ4n) is 5.52. The van der Waals surface area contributed by atoms with E-state index in [0.717, 1.165) is 28.3 Å². The van der Waals surface area contributed by atoms with Crippen LogP contribution in [-0.4, -0.2) is 48.2 Å². The predicted octanol–water partition coefficient (Wildman–Crippen LogP) is 6.08. The van der Waals surface area contributed by atoms with Crippen molar-refractivity contribution in [1.29, 1.82) is 0 Å². The highest BCUT2D eigenvalue weighted by Crippen LogP contribution is 2.40. The third kappa shape index (κ3) is 7.20. The number of nitrogens with one attached hydrogen (secondary N) is 1. The van der Waals surface area contributed by atoms with Gasteiger partial charge in [0.05, 0.1) is 29.7 Å². The summed E-state index contributed by atoms with van der Waals surface area (Å²) in [6.07, 6.45) is -6.59. The number of ether oxygens (including phenoxy) is 1. The molecule has 0 amide bonds. The average Bonchev–Trinajstić information content (AvgIpc) is 3.33. The van der Waals surface area contributed by atoms with Gasteiger partial charge in [0.1, 0.15) is 9.77 Å². The van der Waals surface area contributed by atoms with E-state index in [4.69, 9.17) is 16.3 Å². The Morgan fingerprint density at radius 3 is 2.50 bits per heavy atom. The Kier molecular flexibility index (Phi) is 9.77. The molecule has 5 rings (SSSR count). The van der Waals surface area contributed by atoms with Gasteiger partial charge in [-0.25, -0.2) is 0 Å². The second-order valence-corrected chi connectivity index (χ2v) is 14.6. The van der Waals surface area contributed by atoms with Crippen molar-refractivity contribution in [3.05, 3.63) is 73.9 Å². The van der Waals surface area contributed by atoms with Crippen LogP contribution in [0.2, 0.25) is 5.02 Å². The first-order valence-corrected chi connectivity index (χ1v) is 16.1. The SMILES string of the molecule is CC(C)(C)[S+]([O-])NC(c1nn(Cc2ccccc2C(F)(F)F)c2c1CN(c1cnn(C3CCCCO3)c(=O)c1Cl)CC2)C(F)(F)F. The summed E-state index contributed by atoms with van der Waals surface area (Å²) in [6, 6.07) is 2.27. The quantitative estimate of drug-likeness (QED) is 0.237. The van der Waals surface area contributed by atoms with Gasteiger partial charge in [-0.2, -0.15) is 41.2 Å². The molecule has 1 N–H and O–H groups in total. The Morgan fingerprint density at radius 1 is 1.15 bits per heavy atom. The van der Waals surface area contributed by atoms with Gasteiger partial charge in [-0.05, 0) is 51.7 Å². The molecule has 0 saturated carbocycles. The third-order valence-corrected chi connectivity index (χ3v) is 9.80. The number of hydrogen-bond acceptors (Lipinski definition) is 7. The second kappa shape index (κ2) is 13.0. The van der Waals surface area contributed by atoms with E-state index in [9.17, 15) is 35.7 Å². The van der Waals surface area contributed by atoms with E-state index in [1.807, 2.05) is 0 Å². The van der Waals surface area contributed by atoms with Crippen molar-refractivity contribution in [2.45, 2.75) is 88.9 Å². The molecule has 0 spiro atoms. The maximum Gasteiger partial charge on any atom is 0.416 e. The van der Waals surface area contributed by atoms with Crippen molar-refractivity contribution in [3.63, 3.8) is 0 Å². The zero-order chi connectivity index (χ0) is 33.6. The largest absolute Gasteiger partial charge is 0.598 e. The number of nitrogens with zero attached hydrogens (tertiary/aromatic N) is 5. The van der Waals surface area contributed by atoms with Crippen molar-refractivity contribution in [2.24, 2.45) is 0 Å². The Labute approximate surface area is 269 Å². The first-order valence-electron chi connectivity index (χ1n) is 14.6. The van der Waals surface area contributed by atoms with Crippen LogP contribution in [0.3, 0.4) is 0 Å². The number of rotatable bonds is 7. The zero-order valence-corrected chi connectivity index (χ0v) is 26.8. The molecule has 4 heterocycles. The lowest BCUT2D eigenvalue weighted by atomic mass is 10.0. The monoisotopic (exact) mass is 694 g/mol. The van der Waals surface area contributed by atoms with E-state index >= 15 is 0 Å². The third-order valence-electron chi connectivity index (χ3n) is 7.88. The van der Waals surface area contributed by atoms with Crippen LogP contribution < -0.4 is 15.2 Å². The molecule has 252 valence electrons. The minimum atomic E-state index is -4.97. The maximum atomic E-state index is 14.6. The molecule has 3 aromatic rings. The van der Waals surface area contributed by atoms with E-state index in [-0.39, 0.29) is 47.0 Å². The van der Waals surface area contributed by atoms with Crippen LogP contribution in [0, 0.1) is 0 Å². The van der Waals surface area contributed by atoms with E-state index in [0.29, 0.717) is 13.0 Å². The van der Waals surface area contributed by atoms with Crippen molar-refractivity contribution in [1.82, 2.24) is 24.3 Å². The molecule has 2 aliphatic heterocycles. The normalized spacial score (nSPS) is 19.2. The summed E-state index contributed by atoms with van der Waals surface area (Å²) < 4.78 is 107. The summed E-state index contributed by atoms with van der Waals surface area (Å²) in [6.45, 7) is 4.45. The number of halogens is 7. The number of alkyl halides is 6. The van der Waals surface area contributed by atoms with E-state index in [1.54, 1.807) is 4.90 Å². The smallest absolute Gasteiger partial charge is 0.416 e. The lowest BCUT2D eigenvalue weighted by Gasteiger charge is -2.32. The number of benzene rings is 1. The lowest BCUT2D eigenvalue weighted by Crippen LogP contribution is -2.46. The van der Waals surface area contributed by atoms with Gasteiger partial charge in [-0.1, -0.05) is 29.8 Å². The van der Waals surface area contributed by atoms with Crippen LogP contribution >= 0.6 is 11.6 Å². The summed E-state index contributed by atoms with van der Waals surface area (Å²) >= 11 is 4.33. The standard InChI is InChI=1S/C29H33ClF6N6O3S/c1-27(2,3)46(44)39-25(29(34,35)36)24-18-16-40(21-14-37-42(26(43)23(21)30)22-10-6-7-13-45-22)12-11-20(18)41(38-24)15-17-8-4-5-9-19(17)28(31,32)33/h4-5,8-9,14,22,25,39H,6-7,10-13,15-16H2,1-3H3. The molecule has 2 aromatic heterocycles. The molecule has 1 saturated heterocycles. The molecular weight excluding hydrogens is 662 g/mol. The van der Waals surface area contributed by atoms with Gasteiger partial charge in [0.15, 0.2) is 12.3 Å². The van der Waals surface area contributed by atoms with Gasteiger partial charge in [0.2, 0.25) is 0 Å². The van der Waals surface area contributed by atoms with Crippen molar-refractivity contribution in [3.8, 4) is 0 Å². The van der Waals surface area contributed by atoms with Gasteiger partial charge in [0, 0.05) is 48.7 Å². The Balaban J connectivity index is 1.58. The molecule has 2 aliphatic rings. The van der Waals surface area contributed by atoms with E-state index in [2.05, 4.69) is 14.9 Å². The topological polar surface area (TPSA) is 100 Å². The summed E-state index contributed by atoms with van der Waals surface area (Å²) in [4.78, 5) is 14.8. The first-order chi connectivity index (χ1) is 21.5. The van der Waals surface area contributed by atoms with Crippen LogP contribution in [0.4, 0.5) is 32.0 Å². The molecule has 1 aromatic carbocycles. The number of fused-ring (bicyclic) bond motifs is 1. The number of aromatic nitrogens is 4. The molecule has 3 atom stereocenters. The van der Waals surface area contributed by atoms with Crippen molar-refractivity contribution < 1.29 is 35.6 Å². The fourth-order valence-corrected chi connectivity index (χ4v) is 6.59. The average molecular weight is 695 g/mol. The van der Waals surface area contributed by atoms with E-state index < -0.39 is 64.1 Å². The second-order valence-electron chi connectivity index (χ2n) is 12.2. The number of anilines is 1. The molecule has 0 bridgehead atoms. The fraction of sp³-hybridized carbons (Fsp3) is 0.552. The summed E-state index contributed by atoms with van der Waals surface area (Å²) in [5, 5.41) is 8.28. The lowest BCUT2D eigenvalue weighted by molar-refractivity contribution is -0.154. The highest BCUT2D eigenvalue weighted by Gasteiger charge is 2.49. The van der Waals surface area contributed by atoms with Gasteiger partial charge in [0.25, 0.3) is 5.56 Å². The summed E-state index contributed by atoms with van der Waals surface area (Å²) in [5.41, 5.74) is -1.71. The molecule has 0 aliphatic carbocycles. The molecular formula is C29H33ClF6N6O3S. The highest BCUT2D eigenvalue weighted by molar-refractivity contribution is 7.90. The van der Waals surface area contributed by atoms with Crippen LogP contribution in [0.1, 0.15) is 80.4 Å². The predicted molar refractivity (Wildman–Crippen MR) is 160 cm³/mol. The van der Waals surface area contributed by atoms with Crippen LogP contribution in [0.25, 0.3) is 0 Å². The van der Waals surface area contributed by atoms with Gasteiger partial charge < -0.3 is 14.2 Å². The zero-order valence-electron chi connectivity index (χ0n) is 25.2. The Hall–Kier alpha value is -2.79. The Morgan fingerprint density at radius 2 is 1.87 bits per heavy atom. The van der Waals surface area contributed by atoms with Crippen LogP contribution in [0.15, 0.2) is 35.3 Å². The summed E-state index contributed by atoms with van der Waals surface area (Å²) in [7, 11) is 0. The Bertz CT molecular complexity index is 1620. The molecule has 9 nitrogen and oxygen atoms in total. The van der Waals surface area contributed by atoms with E-state index in [1.165, 1.54) is 45.2 Å². The van der Waals surface area contributed by atoms with Gasteiger partial charge in [-0.3, -0.25) is 9.48 Å². The van der Waals surface area contributed by atoms with Crippen molar-refractivity contribution >= 4 is 28.7 Å². The van der Waals surface area contributed by atoms with Gasteiger partial charge >= 0.3 is 12.4 Å². The molecule has 1 fully saturated rings. The summed E-state index contributed by atoms with van der Waals surface area (Å²) in [5.74, 6) is 0. The van der Waals surface area contributed by atoms with Gasteiger partial charge in [-0.15, -0.1) is 4.72 Å². The highest BCUT2D eigenvalue weighted by atomic mass is 35.5. The maximum absolute atomic E-state index is 14.6. The molecule has 3 unspecified atom stereocenters. The first kappa shape index (κ1) is 34.5. The number of hydrogen-bond donors (Lipinski definition) is 1. The molecule has 0 radical (unpaired) electrons. The van der Waals surface area contributed by atoms with Crippen LogP contribution in [0.5, 0.6) is 0 Å². The molecule has 17 heteroatoms. The molecule has 46 heavy (non-hydrogen) atoms.